The molecule has 2 aromatic rings. The molecule has 6 nitrogen and oxygen atoms in total. The lowest BCUT2D eigenvalue weighted by Gasteiger charge is -2.26. The highest BCUT2D eigenvalue weighted by Crippen LogP contribution is 2.20. The zero-order valence-corrected chi connectivity index (χ0v) is 16.6. The predicted molar refractivity (Wildman–Crippen MR) is 113 cm³/mol. The van der Waals surface area contributed by atoms with Gasteiger partial charge >= 0.3 is 13.1 Å². The number of nitrogens with two attached hydrogens (primary N) is 1. The molecule has 1 atom stereocenters. The third-order valence-electron chi connectivity index (χ3n) is 5.19. The normalized spacial score (nSPS) is 13.6. The molecule has 28 heavy (non-hydrogen) atoms. The van der Waals surface area contributed by atoms with Gasteiger partial charge in [-0.15, -0.1) is 0 Å². The Balaban J connectivity index is 1.80. The first-order valence-corrected chi connectivity index (χ1v) is 9.85. The highest BCUT2D eigenvalue weighted by atomic mass is 16.4. The molecule has 0 amide bonds. The van der Waals surface area contributed by atoms with Gasteiger partial charge in [0.2, 0.25) is 0 Å². The molecule has 0 aliphatic heterocycles. The monoisotopic (exact) mass is 386 g/mol. The molecule has 0 saturated heterocycles. The summed E-state index contributed by atoms with van der Waals surface area (Å²) in [5, 5.41) is 29.7. The van der Waals surface area contributed by atoms with Crippen molar-refractivity contribution in [2.45, 2.75) is 50.5 Å². The number of carboxylic acid groups (broad SMARTS) is 1. The van der Waals surface area contributed by atoms with Crippen LogP contribution in [0.3, 0.4) is 0 Å². The first-order chi connectivity index (χ1) is 13.3. The van der Waals surface area contributed by atoms with E-state index < -0.39 is 18.6 Å². The third kappa shape index (κ3) is 6.91. The fourth-order valence-electron chi connectivity index (χ4n) is 3.50. The lowest BCUT2D eigenvalue weighted by Crippen LogP contribution is -2.48. The quantitative estimate of drug-likeness (QED) is 0.330. The van der Waals surface area contributed by atoms with E-state index in [2.05, 4.69) is 35.2 Å². The molecule has 0 aliphatic carbocycles. The van der Waals surface area contributed by atoms with Crippen LogP contribution >= 0.6 is 0 Å². The van der Waals surface area contributed by atoms with Crippen molar-refractivity contribution in [3.8, 4) is 0 Å². The van der Waals surface area contributed by atoms with E-state index in [1.54, 1.807) is 0 Å². The molecule has 2 aromatic carbocycles. The Morgan fingerprint density at radius 2 is 1.75 bits per heavy atom. The van der Waals surface area contributed by atoms with Crippen molar-refractivity contribution in [2.24, 2.45) is 5.73 Å². The van der Waals surface area contributed by atoms with Crippen LogP contribution < -0.4 is 5.73 Å². The summed E-state index contributed by atoms with van der Waals surface area (Å²) in [7, 11) is 0.678. The summed E-state index contributed by atoms with van der Waals surface area (Å²) in [6.45, 7) is 1.55. The number of aliphatic carboxylic acids is 1. The molecular formula is C21H31BN2O4. The van der Waals surface area contributed by atoms with Crippen LogP contribution in [0.1, 0.15) is 37.7 Å². The van der Waals surface area contributed by atoms with Gasteiger partial charge in [0.1, 0.15) is 5.54 Å². The summed E-state index contributed by atoms with van der Waals surface area (Å²) in [5.74, 6) is -0.991. The molecule has 2 rings (SSSR count). The van der Waals surface area contributed by atoms with Crippen molar-refractivity contribution in [3.63, 3.8) is 0 Å². The van der Waals surface area contributed by atoms with E-state index >= 15 is 0 Å². The standard InChI is InChI=1S/C21H31BN2O4/c1-24(16-17-9-10-18-7-2-3-8-19(18)15-17)14-6-12-21(23,20(25)26)11-4-5-13-22(27)28/h2-3,7-10,15,27-28H,4-6,11-14,16,23H2,1H3,(H,25,26). The lowest BCUT2D eigenvalue weighted by atomic mass is 9.81. The van der Waals surface area contributed by atoms with Crippen LogP contribution in [0.25, 0.3) is 10.8 Å². The zero-order chi connectivity index (χ0) is 20.6. The maximum absolute atomic E-state index is 11.6. The molecule has 0 fully saturated rings. The average Bonchev–Trinajstić information content (AvgIpc) is 2.65. The molecule has 0 radical (unpaired) electrons. The Morgan fingerprint density at radius 1 is 1.07 bits per heavy atom. The van der Waals surface area contributed by atoms with Gasteiger partial charge in [0, 0.05) is 6.54 Å². The molecule has 1 unspecified atom stereocenters. The van der Waals surface area contributed by atoms with Crippen molar-refractivity contribution < 1.29 is 19.9 Å². The summed E-state index contributed by atoms with van der Waals surface area (Å²) >= 11 is 0. The van der Waals surface area contributed by atoms with Gasteiger partial charge in [-0.05, 0) is 61.6 Å². The van der Waals surface area contributed by atoms with Crippen LogP contribution in [0.15, 0.2) is 42.5 Å². The number of unbranched alkanes of at least 4 members (excludes halogenated alkanes) is 1. The fraction of sp³-hybridized carbons (Fsp3) is 0.476. The van der Waals surface area contributed by atoms with Crippen molar-refractivity contribution >= 4 is 23.9 Å². The number of fused-ring (bicyclic) bond motifs is 1. The maximum Gasteiger partial charge on any atom is 0.451 e. The second kappa shape index (κ2) is 10.6. The molecule has 5 N–H and O–H groups in total. The van der Waals surface area contributed by atoms with Crippen molar-refractivity contribution in [2.75, 3.05) is 13.6 Å². The molecule has 7 heteroatoms. The van der Waals surface area contributed by atoms with E-state index in [4.69, 9.17) is 15.8 Å². The second-order valence-electron chi connectivity index (χ2n) is 7.71. The van der Waals surface area contributed by atoms with Crippen molar-refractivity contribution in [3.05, 3.63) is 48.0 Å². The van der Waals surface area contributed by atoms with Crippen LogP contribution in [0.4, 0.5) is 0 Å². The van der Waals surface area contributed by atoms with Gasteiger partial charge in [0.15, 0.2) is 0 Å². The molecule has 0 heterocycles. The topological polar surface area (TPSA) is 107 Å². The molecular weight excluding hydrogens is 355 g/mol. The summed E-state index contributed by atoms with van der Waals surface area (Å²) < 4.78 is 0. The van der Waals surface area contributed by atoms with E-state index in [9.17, 15) is 9.90 Å². The Morgan fingerprint density at radius 3 is 2.43 bits per heavy atom. The lowest BCUT2D eigenvalue weighted by molar-refractivity contribution is -0.144. The van der Waals surface area contributed by atoms with Crippen LogP contribution in [0.2, 0.25) is 6.32 Å². The minimum absolute atomic E-state index is 0.240. The number of benzene rings is 2. The van der Waals surface area contributed by atoms with E-state index in [0.717, 1.165) is 13.1 Å². The van der Waals surface area contributed by atoms with Crippen molar-refractivity contribution in [1.82, 2.24) is 4.90 Å². The first kappa shape index (κ1) is 22.4. The number of rotatable bonds is 12. The van der Waals surface area contributed by atoms with Gasteiger partial charge in [-0.3, -0.25) is 4.79 Å². The first-order valence-electron chi connectivity index (χ1n) is 9.85. The van der Waals surface area contributed by atoms with Gasteiger partial charge < -0.3 is 25.8 Å². The fourth-order valence-corrected chi connectivity index (χ4v) is 3.50. The molecule has 152 valence electrons. The number of carboxylic acids is 1. The van der Waals surface area contributed by atoms with Gasteiger partial charge in [0.05, 0.1) is 0 Å². The van der Waals surface area contributed by atoms with Crippen molar-refractivity contribution in [1.29, 1.82) is 0 Å². The minimum atomic E-state index is -1.35. The van der Waals surface area contributed by atoms with Gasteiger partial charge in [-0.1, -0.05) is 49.2 Å². The van der Waals surface area contributed by atoms with E-state index in [1.807, 2.05) is 19.2 Å². The SMILES string of the molecule is CN(CCCC(N)(CCCCB(O)O)C(=O)O)Cc1ccc2ccccc2c1. The number of hydrogen-bond donors (Lipinski definition) is 4. The molecule has 0 aromatic heterocycles. The Kier molecular flexibility index (Phi) is 8.45. The van der Waals surface area contributed by atoms with E-state index in [1.165, 1.54) is 16.3 Å². The Labute approximate surface area is 167 Å². The van der Waals surface area contributed by atoms with E-state index in [-0.39, 0.29) is 6.32 Å². The number of nitrogens with zero attached hydrogens (tertiary/aromatic N) is 1. The number of carbonyl (C=O) groups is 1. The van der Waals surface area contributed by atoms with Crippen LogP contribution in [0.5, 0.6) is 0 Å². The molecule has 0 saturated carbocycles. The predicted octanol–water partition coefficient (Wildman–Crippen LogP) is 2.48. The Hall–Kier alpha value is -1.93. The van der Waals surface area contributed by atoms with Crippen LogP contribution in [-0.2, 0) is 11.3 Å². The third-order valence-corrected chi connectivity index (χ3v) is 5.19. The summed E-state index contributed by atoms with van der Waals surface area (Å²) in [6.07, 6.45) is 2.77. The highest BCUT2D eigenvalue weighted by molar-refractivity contribution is 6.40. The van der Waals surface area contributed by atoms with Gasteiger partial charge in [0.25, 0.3) is 0 Å². The zero-order valence-electron chi connectivity index (χ0n) is 16.6. The van der Waals surface area contributed by atoms with Gasteiger partial charge in [-0.25, -0.2) is 0 Å². The largest absolute Gasteiger partial charge is 0.480 e. The molecule has 0 aliphatic rings. The summed E-state index contributed by atoms with van der Waals surface area (Å²) in [5.41, 5.74) is 6.08. The smallest absolute Gasteiger partial charge is 0.451 e. The highest BCUT2D eigenvalue weighted by Gasteiger charge is 2.32. The molecule has 0 spiro atoms. The number of hydrogen-bond acceptors (Lipinski definition) is 5. The average molecular weight is 386 g/mol. The maximum atomic E-state index is 11.6. The Bertz CT molecular complexity index is 771. The van der Waals surface area contributed by atoms with E-state index in [0.29, 0.717) is 32.1 Å². The minimum Gasteiger partial charge on any atom is -0.480 e. The summed E-state index contributed by atoms with van der Waals surface area (Å²) in [6, 6.07) is 14.7. The second-order valence-corrected chi connectivity index (χ2v) is 7.71. The molecule has 0 bridgehead atoms. The van der Waals surface area contributed by atoms with Gasteiger partial charge in [-0.2, -0.15) is 0 Å². The summed E-state index contributed by atoms with van der Waals surface area (Å²) in [4.78, 5) is 13.8. The van der Waals surface area contributed by atoms with Crippen LogP contribution in [0, 0.1) is 0 Å². The van der Waals surface area contributed by atoms with Crippen LogP contribution in [-0.4, -0.2) is 52.3 Å².